The molecular formula is C22H28NO5P. The molecule has 0 heterocycles. The Labute approximate surface area is 172 Å². The second-order valence-electron chi connectivity index (χ2n) is 6.37. The maximum atomic E-state index is 13.1. The fourth-order valence-electron chi connectivity index (χ4n) is 2.92. The molecule has 0 aliphatic carbocycles. The minimum Gasteiger partial charge on any atom is -0.480 e. The second kappa shape index (κ2) is 11.7. The lowest BCUT2D eigenvalue weighted by Gasteiger charge is -2.30. The lowest BCUT2D eigenvalue weighted by atomic mass is 10.1. The van der Waals surface area contributed by atoms with E-state index in [9.17, 15) is 14.5 Å². The minimum absolute atomic E-state index is 0.125. The predicted molar refractivity (Wildman–Crippen MR) is 115 cm³/mol. The van der Waals surface area contributed by atoms with Crippen LogP contribution in [0, 0.1) is 0 Å². The summed E-state index contributed by atoms with van der Waals surface area (Å²) in [6.45, 7) is 4.19. The van der Waals surface area contributed by atoms with E-state index in [1.807, 2.05) is 60.7 Å². The molecule has 7 heteroatoms. The highest BCUT2D eigenvalue weighted by atomic mass is 31.2. The summed E-state index contributed by atoms with van der Waals surface area (Å²) in [4.78, 5) is 13.7. The minimum atomic E-state index is -3.47. The molecule has 0 amide bonds. The van der Waals surface area contributed by atoms with E-state index in [-0.39, 0.29) is 19.5 Å². The van der Waals surface area contributed by atoms with E-state index in [2.05, 4.69) is 0 Å². The maximum Gasteiger partial charge on any atom is 0.344 e. The topological polar surface area (TPSA) is 76.1 Å². The molecule has 0 aromatic heterocycles. The Morgan fingerprint density at radius 3 is 2.10 bits per heavy atom. The Hall–Kier alpha value is -2.24. The molecular weight excluding hydrogens is 389 g/mol. The zero-order valence-corrected chi connectivity index (χ0v) is 17.7. The van der Waals surface area contributed by atoms with Crippen LogP contribution < -0.4 is 0 Å². The van der Waals surface area contributed by atoms with Crippen molar-refractivity contribution >= 4 is 19.6 Å². The summed E-state index contributed by atoms with van der Waals surface area (Å²) < 4.78 is 23.9. The van der Waals surface area contributed by atoms with Crippen molar-refractivity contribution in [2.24, 2.45) is 0 Å². The van der Waals surface area contributed by atoms with Gasteiger partial charge in [-0.3, -0.25) is 14.3 Å². The normalized spacial score (nSPS) is 13.1. The molecule has 0 fully saturated rings. The molecule has 0 bridgehead atoms. The number of nitrogens with zero attached hydrogens (tertiary/aromatic N) is 1. The average Bonchev–Trinajstić information content (AvgIpc) is 2.69. The molecule has 0 saturated heterocycles. The molecule has 2 aromatic rings. The predicted octanol–water partition coefficient (Wildman–Crippen LogP) is 4.88. The largest absolute Gasteiger partial charge is 0.480 e. The maximum absolute atomic E-state index is 13.1. The fourth-order valence-corrected chi connectivity index (χ4v) is 4.66. The summed E-state index contributed by atoms with van der Waals surface area (Å²) in [6, 6.07) is 17.9. The zero-order valence-electron chi connectivity index (χ0n) is 16.8. The van der Waals surface area contributed by atoms with Crippen LogP contribution in [0.4, 0.5) is 0 Å². The molecule has 6 nitrogen and oxygen atoms in total. The van der Waals surface area contributed by atoms with Crippen LogP contribution in [0.25, 0.3) is 6.08 Å². The SMILES string of the molecule is CCOP(=O)(CN(Cc1ccccc1)C(/C=C/c1ccccc1)C(=O)O)OCC. The first-order valence-electron chi connectivity index (χ1n) is 9.59. The van der Waals surface area contributed by atoms with E-state index < -0.39 is 19.6 Å². The van der Waals surface area contributed by atoms with Gasteiger partial charge < -0.3 is 14.2 Å². The quantitative estimate of drug-likeness (QED) is 0.496. The van der Waals surface area contributed by atoms with Crippen molar-refractivity contribution in [2.45, 2.75) is 26.4 Å². The van der Waals surface area contributed by atoms with E-state index in [1.54, 1.807) is 30.9 Å². The fraction of sp³-hybridized carbons (Fsp3) is 0.318. The number of carboxylic acids is 1. The molecule has 1 atom stereocenters. The molecule has 1 unspecified atom stereocenters. The lowest BCUT2D eigenvalue weighted by Crippen LogP contribution is -2.40. The molecule has 0 aliphatic heterocycles. The van der Waals surface area contributed by atoms with Gasteiger partial charge in [-0.15, -0.1) is 0 Å². The zero-order chi connectivity index (χ0) is 21.1. The molecule has 0 radical (unpaired) electrons. The van der Waals surface area contributed by atoms with Crippen molar-refractivity contribution in [3.05, 3.63) is 77.9 Å². The van der Waals surface area contributed by atoms with Gasteiger partial charge in [0.05, 0.1) is 13.2 Å². The molecule has 1 N–H and O–H groups in total. The summed E-state index contributed by atoms with van der Waals surface area (Å²) in [5, 5.41) is 9.89. The van der Waals surface area contributed by atoms with Crippen LogP contribution in [0.2, 0.25) is 0 Å². The van der Waals surface area contributed by atoms with Crippen LogP contribution in [0.3, 0.4) is 0 Å². The second-order valence-corrected chi connectivity index (χ2v) is 8.39. The van der Waals surface area contributed by atoms with E-state index in [0.29, 0.717) is 6.54 Å². The van der Waals surface area contributed by atoms with Crippen molar-refractivity contribution < 1.29 is 23.5 Å². The van der Waals surface area contributed by atoms with Crippen molar-refractivity contribution in [3.63, 3.8) is 0 Å². The van der Waals surface area contributed by atoms with Gasteiger partial charge in [-0.2, -0.15) is 0 Å². The van der Waals surface area contributed by atoms with E-state index in [0.717, 1.165) is 11.1 Å². The van der Waals surface area contributed by atoms with Gasteiger partial charge >= 0.3 is 13.6 Å². The number of benzene rings is 2. The summed E-state index contributed by atoms with van der Waals surface area (Å²) >= 11 is 0. The number of hydrogen-bond donors (Lipinski definition) is 1. The highest BCUT2D eigenvalue weighted by Gasteiger charge is 2.33. The molecule has 0 saturated carbocycles. The highest BCUT2D eigenvalue weighted by Crippen LogP contribution is 2.49. The van der Waals surface area contributed by atoms with Gasteiger partial charge in [0.25, 0.3) is 0 Å². The number of hydrogen-bond acceptors (Lipinski definition) is 5. The van der Waals surface area contributed by atoms with Crippen LogP contribution in [0.1, 0.15) is 25.0 Å². The van der Waals surface area contributed by atoms with Crippen LogP contribution >= 0.6 is 7.60 Å². The van der Waals surface area contributed by atoms with Gasteiger partial charge in [0.15, 0.2) is 0 Å². The van der Waals surface area contributed by atoms with E-state index >= 15 is 0 Å². The van der Waals surface area contributed by atoms with Gasteiger partial charge in [0.1, 0.15) is 12.3 Å². The Morgan fingerprint density at radius 2 is 1.59 bits per heavy atom. The van der Waals surface area contributed by atoms with E-state index in [1.165, 1.54) is 0 Å². The number of carbonyl (C=O) groups is 1. The van der Waals surface area contributed by atoms with E-state index in [4.69, 9.17) is 9.05 Å². The summed E-state index contributed by atoms with van der Waals surface area (Å²) in [5.41, 5.74) is 1.79. The smallest absolute Gasteiger partial charge is 0.344 e. The third-order valence-corrected chi connectivity index (χ3v) is 6.16. The number of carboxylic acid groups (broad SMARTS) is 1. The third kappa shape index (κ3) is 7.59. The van der Waals surface area contributed by atoms with Gasteiger partial charge in [0, 0.05) is 6.54 Å². The summed E-state index contributed by atoms with van der Waals surface area (Å²) in [7, 11) is -3.47. The molecule has 0 aliphatic rings. The molecule has 29 heavy (non-hydrogen) atoms. The Morgan fingerprint density at radius 1 is 1.03 bits per heavy atom. The van der Waals surface area contributed by atoms with Crippen molar-refractivity contribution in [3.8, 4) is 0 Å². The molecule has 156 valence electrons. The lowest BCUT2D eigenvalue weighted by molar-refractivity contribution is -0.141. The first-order chi connectivity index (χ1) is 14.0. The van der Waals surface area contributed by atoms with Gasteiger partial charge in [0.2, 0.25) is 0 Å². The van der Waals surface area contributed by atoms with Gasteiger partial charge in [-0.1, -0.05) is 72.8 Å². The van der Waals surface area contributed by atoms with Crippen molar-refractivity contribution in [1.82, 2.24) is 4.90 Å². The first kappa shape index (κ1) is 23.0. The van der Waals surface area contributed by atoms with Crippen LogP contribution in [-0.4, -0.2) is 41.5 Å². The standard InChI is InChI=1S/C22H28NO5P/c1-3-27-29(26,28-4-2)18-23(17-20-13-9-6-10-14-20)21(22(24)25)16-15-19-11-7-5-8-12-19/h5-16,21H,3-4,17-18H2,1-2H3,(H,24,25)/b16-15+. The number of rotatable bonds is 12. The van der Waals surface area contributed by atoms with Crippen molar-refractivity contribution in [1.29, 1.82) is 0 Å². The average molecular weight is 417 g/mol. The summed E-state index contributed by atoms with van der Waals surface area (Å²) in [5.74, 6) is -1.03. The molecule has 0 spiro atoms. The number of aliphatic carboxylic acids is 1. The van der Waals surface area contributed by atoms with Crippen LogP contribution in [-0.2, 0) is 25.0 Å². The molecule has 2 rings (SSSR count). The first-order valence-corrected chi connectivity index (χ1v) is 11.3. The van der Waals surface area contributed by atoms with Gasteiger partial charge in [-0.05, 0) is 25.0 Å². The monoisotopic (exact) mass is 417 g/mol. The van der Waals surface area contributed by atoms with Crippen LogP contribution in [0.5, 0.6) is 0 Å². The molecule has 2 aromatic carbocycles. The Kier molecular flexibility index (Phi) is 9.29. The Bertz CT molecular complexity index is 816. The van der Waals surface area contributed by atoms with Crippen molar-refractivity contribution in [2.75, 3.05) is 19.5 Å². The van der Waals surface area contributed by atoms with Gasteiger partial charge in [-0.25, -0.2) is 0 Å². The summed E-state index contributed by atoms with van der Waals surface area (Å²) in [6.07, 6.45) is 3.23. The highest BCUT2D eigenvalue weighted by molar-refractivity contribution is 7.53. The Balaban J connectivity index is 2.34. The van der Waals surface area contributed by atoms with Crippen LogP contribution in [0.15, 0.2) is 66.7 Å². The third-order valence-electron chi connectivity index (χ3n) is 4.15.